The molecule has 0 bridgehead atoms. The molecule has 0 unspecified atom stereocenters. The Kier molecular flexibility index (Phi) is 4.17. The van der Waals surface area contributed by atoms with Crippen LogP contribution in [0.3, 0.4) is 0 Å². The van der Waals surface area contributed by atoms with E-state index in [1.165, 1.54) is 4.68 Å². The normalized spacial score (nSPS) is 20.5. The fourth-order valence-corrected chi connectivity index (χ4v) is 3.28. The lowest BCUT2D eigenvalue weighted by atomic mass is 10.1. The number of halogens is 1. The molecule has 1 aromatic heterocycles. The Bertz CT molecular complexity index is 758. The molecule has 1 atom stereocenters. The van der Waals surface area contributed by atoms with Crippen molar-refractivity contribution in [3.8, 4) is 5.69 Å². The largest absolute Gasteiger partial charge is 0.369 e. The van der Waals surface area contributed by atoms with E-state index < -0.39 is 0 Å². The third-order valence-corrected chi connectivity index (χ3v) is 4.17. The minimum absolute atomic E-state index is 0.0615. The maximum atomic E-state index is 12.6. The lowest BCUT2D eigenvalue weighted by Gasteiger charge is -2.42. The number of nitrogens with zero attached hydrogens (tertiary/aromatic N) is 3. The number of morpholine rings is 1. The summed E-state index contributed by atoms with van der Waals surface area (Å²) in [5.74, 6) is 0. The van der Waals surface area contributed by atoms with E-state index in [0.29, 0.717) is 24.5 Å². The third-order valence-electron chi connectivity index (χ3n) is 3.81. The zero-order valence-corrected chi connectivity index (χ0v) is 14.2. The summed E-state index contributed by atoms with van der Waals surface area (Å²) in [4.78, 5) is 14.7. The second-order valence-corrected chi connectivity index (χ2v) is 6.84. The summed E-state index contributed by atoms with van der Waals surface area (Å²) in [6.45, 7) is 7.41. The molecule has 0 amide bonds. The first-order valence-electron chi connectivity index (χ1n) is 7.63. The summed E-state index contributed by atoms with van der Waals surface area (Å²) in [5, 5.41) is 4.48. The fraction of sp³-hybridized carbons (Fsp3) is 0.412. The van der Waals surface area contributed by atoms with E-state index in [1.807, 2.05) is 51.1 Å². The van der Waals surface area contributed by atoms with E-state index in [-0.39, 0.29) is 22.3 Å². The van der Waals surface area contributed by atoms with Gasteiger partial charge in [-0.3, -0.25) is 4.79 Å². The molecule has 2 aromatic rings. The second-order valence-electron chi connectivity index (χ2n) is 6.46. The van der Waals surface area contributed by atoms with Gasteiger partial charge in [-0.2, -0.15) is 9.78 Å². The van der Waals surface area contributed by atoms with Gasteiger partial charge >= 0.3 is 0 Å². The summed E-state index contributed by atoms with van der Waals surface area (Å²) < 4.78 is 7.22. The Labute approximate surface area is 140 Å². The smallest absolute Gasteiger partial charge is 0.292 e. The molecular formula is C17H20ClN3O2. The van der Waals surface area contributed by atoms with Crippen molar-refractivity contribution in [1.82, 2.24) is 9.78 Å². The molecule has 0 spiro atoms. The first-order valence-corrected chi connectivity index (χ1v) is 8.01. The summed E-state index contributed by atoms with van der Waals surface area (Å²) in [6, 6.07) is 9.26. The summed E-state index contributed by atoms with van der Waals surface area (Å²) in [5.41, 5.74) is 0.746. The SMILES string of the molecule is C[C@H]1CN(c2cnn(-c3ccccc3)c(=O)c2Cl)CC(C)(C)O1. The van der Waals surface area contributed by atoms with Crippen molar-refractivity contribution in [3.63, 3.8) is 0 Å². The number of rotatable bonds is 2. The van der Waals surface area contributed by atoms with Crippen LogP contribution in [-0.4, -0.2) is 34.6 Å². The van der Waals surface area contributed by atoms with Gasteiger partial charge in [0, 0.05) is 13.1 Å². The van der Waals surface area contributed by atoms with Crippen LogP contribution in [0.1, 0.15) is 20.8 Å². The van der Waals surface area contributed by atoms with Crippen molar-refractivity contribution in [2.45, 2.75) is 32.5 Å². The summed E-state index contributed by atoms with van der Waals surface area (Å²) in [7, 11) is 0. The van der Waals surface area contributed by atoms with Crippen LogP contribution in [0, 0.1) is 0 Å². The lowest BCUT2D eigenvalue weighted by Crippen LogP contribution is -2.52. The highest BCUT2D eigenvalue weighted by Gasteiger charge is 2.32. The van der Waals surface area contributed by atoms with Crippen LogP contribution in [0.5, 0.6) is 0 Å². The molecule has 1 fully saturated rings. The molecule has 5 nitrogen and oxygen atoms in total. The van der Waals surface area contributed by atoms with E-state index in [4.69, 9.17) is 16.3 Å². The van der Waals surface area contributed by atoms with Crippen molar-refractivity contribution < 1.29 is 4.74 Å². The quantitative estimate of drug-likeness (QED) is 0.848. The topological polar surface area (TPSA) is 47.4 Å². The molecule has 2 heterocycles. The van der Waals surface area contributed by atoms with Crippen LogP contribution in [-0.2, 0) is 4.74 Å². The highest BCUT2D eigenvalue weighted by Crippen LogP contribution is 2.29. The number of hydrogen-bond donors (Lipinski definition) is 0. The van der Waals surface area contributed by atoms with E-state index in [0.717, 1.165) is 0 Å². The first-order chi connectivity index (χ1) is 10.9. The van der Waals surface area contributed by atoms with Crippen molar-refractivity contribution >= 4 is 17.3 Å². The molecule has 0 saturated carbocycles. The number of hydrogen-bond acceptors (Lipinski definition) is 4. The van der Waals surface area contributed by atoms with Gasteiger partial charge in [0.15, 0.2) is 0 Å². The second kappa shape index (κ2) is 5.98. The van der Waals surface area contributed by atoms with E-state index in [9.17, 15) is 4.79 Å². The zero-order valence-electron chi connectivity index (χ0n) is 13.5. The average molecular weight is 334 g/mol. The Morgan fingerprint density at radius 3 is 2.65 bits per heavy atom. The number of ether oxygens (including phenoxy) is 1. The van der Waals surface area contributed by atoms with E-state index in [2.05, 4.69) is 10.00 Å². The number of benzene rings is 1. The highest BCUT2D eigenvalue weighted by molar-refractivity contribution is 6.33. The van der Waals surface area contributed by atoms with Crippen LogP contribution in [0.25, 0.3) is 5.69 Å². The van der Waals surface area contributed by atoms with Gasteiger partial charge in [-0.15, -0.1) is 0 Å². The van der Waals surface area contributed by atoms with Gasteiger partial charge in [0.25, 0.3) is 5.56 Å². The van der Waals surface area contributed by atoms with Gasteiger partial charge in [-0.05, 0) is 32.9 Å². The monoisotopic (exact) mass is 333 g/mol. The van der Waals surface area contributed by atoms with Gasteiger partial charge in [-0.25, -0.2) is 0 Å². The number of para-hydroxylation sites is 1. The van der Waals surface area contributed by atoms with Gasteiger partial charge < -0.3 is 9.64 Å². The average Bonchev–Trinajstić information content (AvgIpc) is 2.48. The lowest BCUT2D eigenvalue weighted by molar-refractivity contribution is -0.0749. The van der Waals surface area contributed by atoms with Crippen LogP contribution < -0.4 is 10.5 Å². The van der Waals surface area contributed by atoms with E-state index in [1.54, 1.807) is 6.20 Å². The standard InChI is InChI=1S/C17H20ClN3O2/c1-12-10-20(11-17(2,3)23-12)14-9-19-21(16(22)15(14)18)13-7-5-4-6-8-13/h4-9,12H,10-11H2,1-3H3/t12-/m0/s1. The Hall–Kier alpha value is -1.85. The Morgan fingerprint density at radius 1 is 1.30 bits per heavy atom. The molecule has 0 aliphatic carbocycles. The molecule has 3 rings (SSSR count). The van der Waals surface area contributed by atoms with Gasteiger partial charge in [0.2, 0.25) is 0 Å². The predicted molar refractivity (Wildman–Crippen MR) is 91.7 cm³/mol. The van der Waals surface area contributed by atoms with Crippen LogP contribution in [0.15, 0.2) is 41.3 Å². The molecule has 1 saturated heterocycles. The zero-order chi connectivity index (χ0) is 16.6. The van der Waals surface area contributed by atoms with Crippen molar-refractivity contribution in [3.05, 3.63) is 51.9 Å². The molecule has 1 aliphatic rings. The maximum absolute atomic E-state index is 12.6. The number of aromatic nitrogens is 2. The predicted octanol–water partition coefficient (Wildman–Crippen LogP) is 2.89. The van der Waals surface area contributed by atoms with Gasteiger partial charge in [0.05, 0.1) is 29.3 Å². The van der Waals surface area contributed by atoms with Gasteiger partial charge in [-0.1, -0.05) is 29.8 Å². The van der Waals surface area contributed by atoms with Crippen LogP contribution >= 0.6 is 11.6 Å². The molecular weight excluding hydrogens is 314 g/mol. The Morgan fingerprint density at radius 2 is 2.00 bits per heavy atom. The molecule has 23 heavy (non-hydrogen) atoms. The summed E-state index contributed by atoms with van der Waals surface area (Å²) >= 11 is 6.37. The van der Waals surface area contributed by atoms with Crippen LogP contribution in [0.4, 0.5) is 5.69 Å². The molecule has 122 valence electrons. The molecule has 1 aromatic carbocycles. The van der Waals surface area contributed by atoms with Crippen molar-refractivity contribution in [1.29, 1.82) is 0 Å². The fourth-order valence-electron chi connectivity index (χ4n) is 3.03. The minimum Gasteiger partial charge on any atom is -0.369 e. The maximum Gasteiger partial charge on any atom is 0.292 e. The van der Waals surface area contributed by atoms with Crippen molar-refractivity contribution in [2.24, 2.45) is 0 Å². The third kappa shape index (κ3) is 3.26. The van der Waals surface area contributed by atoms with E-state index >= 15 is 0 Å². The van der Waals surface area contributed by atoms with Crippen LogP contribution in [0.2, 0.25) is 5.02 Å². The van der Waals surface area contributed by atoms with Crippen molar-refractivity contribution in [2.75, 3.05) is 18.0 Å². The Balaban J connectivity index is 2.00. The highest BCUT2D eigenvalue weighted by atomic mass is 35.5. The summed E-state index contributed by atoms with van der Waals surface area (Å²) in [6.07, 6.45) is 1.72. The number of anilines is 1. The molecule has 0 N–H and O–H groups in total. The first kappa shape index (κ1) is 16.0. The minimum atomic E-state index is -0.313. The van der Waals surface area contributed by atoms with Gasteiger partial charge in [0.1, 0.15) is 5.02 Å². The molecule has 1 aliphatic heterocycles. The molecule has 6 heteroatoms. The molecule has 0 radical (unpaired) electrons.